The van der Waals surface area contributed by atoms with E-state index in [0.29, 0.717) is 40.3 Å². The molecule has 28 heavy (non-hydrogen) atoms. The first-order valence-corrected chi connectivity index (χ1v) is 9.46. The van der Waals surface area contributed by atoms with Crippen LogP contribution < -0.4 is 10.6 Å². The van der Waals surface area contributed by atoms with Crippen LogP contribution in [0.25, 0.3) is 5.82 Å². The van der Waals surface area contributed by atoms with E-state index in [1.165, 1.54) is 6.07 Å². The Labute approximate surface area is 173 Å². The van der Waals surface area contributed by atoms with Crippen LogP contribution in [0.2, 0.25) is 10.0 Å². The fourth-order valence-electron chi connectivity index (χ4n) is 2.61. The van der Waals surface area contributed by atoms with E-state index < -0.39 is 0 Å². The second-order valence-electron chi connectivity index (χ2n) is 6.29. The largest absolute Gasteiger partial charge is 0.367 e. The molecule has 0 bridgehead atoms. The van der Waals surface area contributed by atoms with Crippen LogP contribution in [0, 0.1) is 20.8 Å². The maximum atomic E-state index is 12.1. The third-order valence-electron chi connectivity index (χ3n) is 4.41. The molecule has 2 aromatic heterocycles. The maximum absolute atomic E-state index is 12.1. The minimum atomic E-state index is -0.259. The number of carbonyl (C=O) groups excluding carboxylic acids is 1. The van der Waals surface area contributed by atoms with Crippen molar-refractivity contribution in [2.24, 2.45) is 0 Å². The van der Waals surface area contributed by atoms with Crippen molar-refractivity contribution in [3.63, 3.8) is 0 Å². The van der Waals surface area contributed by atoms with Crippen LogP contribution in [0.15, 0.2) is 30.3 Å². The zero-order valence-electron chi connectivity index (χ0n) is 15.8. The van der Waals surface area contributed by atoms with E-state index in [0.717, 1.165) is 17.0 Å². The van der Waals surface area contributed by atoms with Crippen molar-refractivity contribution in [3.05, 3.63) is 62.9 Å². The quantitative estimate of drug-likeness (QED) is 0.595. The molecule has 146 valence electrons. The summed E-state index contributed by atoms with van der Waals surface area (Å²) in [6.45, 7) is 6.89. The van der Waals surface area contributed by atoms with Crippen LogP contribution in [-0.4, -0.2) is 39.0 Å². The van der Waals surface area contributed by atoms with Gasteiger partial charge in [0.2, 0.25) is 0 Å². The molecular weight excluding hydrogens is 399 g/mol. The summed E-state index contributed by atoms with van der Waals surface area (Å²) in [7, 11) is 0. The number of benzene rings is 1. The van der Waals surface area contributed by atoms with Crippen LogP contribution >= 0.6 is 23.2 Å². The lowest BCUT2D eigenvalue weighted by Gasteiger charge is -2.09. The predicted molar refractivity (Wildman–Crippen MR) is 111 cm³/mol. The summed E-state index contributed by atoms with van der Waals surface area (Å²) in [5.41, 5.74) is 3.53. The second kappa shape index (κ2) is 8.58. The van der Waals surface area contributed by atoms with Gasteiger partial charge in [-0.2, -0.15) is 5.10 Å². The standard InChI is InChI=1S/C19H20Cl2N6O/c1-11-12(2)26-27(13(11)3)18-7-6-17(24-25-18)22-8-9-23-19(28)15-5-4-14(20)10-16(15)21/h4-7,10H,8-9H2,1-3H3,(H,22,24)(H,23,28). The molecule has 2 N–H and O–H groups in total. The second-order valence-corrected chi connectivity index (χ2v) is 7.13. The van der Waals surface area contributed by atoms with Crippen molar-refractivity contribution in [3.8, 4) is 5.82 Å². The van der Waals surface area contributed by atoms with Gasteiger partial charge < -0.3 is 10.6 Å². The number of anilines is 1. The first kappa shape index (κ1) is 20.1. The van der Waals surface area contributed by atoms with E-state index >= 15 is 0 Å². The van der Waals surface area contributed by atoms with Gasteiger partial charge in [-0.3, -0.25) is 4.79 Å². The molecule has 0 unspecified atom stereocenters. The Hall–Kier alpha value is -2.64. The average Bonchev–Trinajstić information content (AvgIpc) is 2.93. The molecular formula is C19H20Cl2N6O. The molecule has 0 saturated heterocycles. The summed E-state index contributed by atoms with van der Waals surface area (Å²) >= 11 is 11.9. The Bertz CT molecular complexity index is 1000. The van der Waals surface area contributed by atoms with Crippen LogP contribution in [0.1, 0.15) is 27.3 Å². The number of rotatable bonds is 6. The summed E-state index contributed by atoms with van der Waals surface area (Å²) in [4.78, 5) is 12.1. The molecule has 0 spiro atoms. The van der Waals surface area contributed by atoms with Crippen molar-refractivity contribution >= 4 is 34.9 Å². The van der Waals surface area contributed by atoms with Crippen LogP contribution in [0.4, 0.5) is 5.82 Å². The van der Waals surface area contributed by atoms with E-state index in [-0.39, 0.29) is 5.91 Å². The van der Waals surface area contributed by atoms with Crippen LogP contribution in [0.5, 0.6) is 0 Å². The number of aryl methyl sites for hydroxylation is 1. The van der Waals surface area contributed by atoms with Gasteiger partial charge in [0.15, 0.2) is 5.82 Å². The third kappa shape index (κ3) is 4.43. The lowest BCUT2D eigenvalue weighted by atomic mass is 10.2. The Balaban J connectivity index is 1.52. The van der Waals surface area contributed by atoms with Gasteiger partial charge in [-0.05, 0) is 56.7 Å². The smallest absolute Gasteiger partial charge is 0.252 e. The van der Waals surface area contributed by atoms with E-state index in [2.05, 4.69) is 25.9 Å². The van der Waals surface area contributed by atoms with Crippen molar-refractivity contribution in [1.82, 2.24) is 25.3 Å². The lowest BCUT2D eigenvalue weighted by Crippen LogP contribution is -2.29. The van der Waals surface area contributed by atoms with Crippen molar-refractivity contribution in [1.29, 1.82) is 0 Å². The Morgan fingerprint density at radius 2 is 1.86 bits per heavy atom. The Morgan fingerprint density at radius 3 is 2.46 bits per heavy atom. The molecule has 3 rings (SSSR count). The van der Waals surface area contributed by atoms with Gasteiger partial charge in [0.1, 0.15) is 5.82 Å². The van der Waals surface area contributed by atoms with E-state index in [4.69, 9.17) is 23.2 Å². The van der Waals surface area contributed by atoms with E-state index in [1.807, 2.05) is 32.9 Å². The molecule has 0 fully saturated rings. The van der Waals surface area contributed by atoms with Crippen LogP contribution in [0.3, 0.4) is 0 Å². The summed E-state index contributed by atoms with van der Waals surface area (Å²) in [5.74, 6) is 1.01. The predicted octanol–water partition coefficient (Wildman–Crippen LogP) is 3.74. The molecule has 0 aliphatic rings. The van der Waals surface area contributed by atoms with Crippen molar-refractivity contribution < 1.29 is 4.79 Å². The molecule has 0 aliphatic carbocycles. The average molecular weight is 419 g/mol. The molecule has 0 radical (unpaired) electrons. The number of halogens is 2. The number of nitrogens with one attached hydrogen (secondary N) is 2. The van der Waals surface area contributed by atoms with Gasteiger partial charge in [-0.15, -0.1) is 10.2 Å². The molecule has 0 saturated carbocycles. The van der Waals surface area contributed by atoms with Gasteiger partial charge in [0.25, 0.3) is 5.91 Å². The number of hydrogen-bond acceptors (Lipinski definition) is 5. The highest BCUT2D eigenvalue weighted by Gasteiger charge is 2.11. The van der Waals surface area contributed by atoms with Gasteiger partial charge in [-0.1, -0.05) is 23.2 Å². The number of carbonyl (C=O) groups is 1. The molecule has 1 aromatic carbocycles. The number of aromatic nitrogens is 4. The normalized spacial score (nSPS) is 10.8. The first-order chi connectivity index (χ1) is 13.4. The Kier molecular flexibility index (Phi) is 6.16. The minimum Gasteiger partial charge on any atom is -0.367 e. The topological polar surface area (TPSA) is 84.7 Å². The summed E-state index contributed by atoms with van der Waals surface area (Å²) < 4.78 is 1.78. The van der Waals surface area contributed by atoms with Gasteiger partial charge >= 0.3 is 0 Å². The molecule has 3 aromatic rings. The van der Waals surface area contributed by atoms with Gasteiger partial charge in [0, 0.05) is 23.8 Å². The zero-order valence-corrected chi connectivity index (χ0v) is 17.3. The highest BCUT2D eigenvalue weighted by Crippen LogP contribution is 2.20. The van der Waals surface area contributed by atoms with E-state index in [9.17, 15) is 4.79 Å². The van der Waals surface area contributed by atoms with Crippen molar-refractivity contribution in [2.45, 2.75) is 20.8 Å². The molecule has 7 nitrogen and oxygen atoms in total. The molecule has 2 heterocycles. The molecule has 0 aliphatic heterocycles. The lowest BCUT2D eigenvalue weighted by molar-refractivity contribution is 0.0955. The number of hydrogen-bond donors (Lipinski definition) is 2. The van der Waals surface area contributed by atoms with Gasteiger partial charge in [0.05, 0.1) is 16.3 Å². The summed E-state index contributed by atoms with van der Waals surface area (Å²) in [5, 5.41) is 19.6. The SMILES string of the molecule is Cc1nn(-c2ccc(NCCNC(=O)c3ccc(Cl)cc3Cl)nn2)c(C)c1C. The summed E-state index contributed by atoms with van der Waals surface area (Å²) in [6, 6.07) is 8.43. The number of nitrogens with zero attached hydrogens (tertiary/aromatic N) is 4. The molecule has 9 heteroatoms. The Morgan fingerprint density at radius 1 is 1.07 bits per heavy atom. The van der Waals surface area contributed by atoms with E-state index in [1.54, 1.807) is 16.8 Å². The minimum absolute atomic E-state index is 0.259. The molecule has 1 amide bonds. The first-order valence-electron chi connectivity index (χ1n) is 8.71. The summed E-state index contributed by atoms with van der Waals surface area (Å²) in [6.07, 6.45) is 0. The fourth-order valence-corrected chi connectivity index (χ4v) is 3.11. The third-order valence-corrected chi connectivity index (χ3v) is 4.96. The maximum Gasteiger partial charge on any atom is 0.252 e. The monoisotopic (exact) mass is 418 g/mol. The van der Waals surface area contributed by atoms with Crippen LogP contribution in [-0.2, 0) is 0 Å². The zero-order chi connectivity index (χ0) is 20.3. The fraction of sp³-hybridized carbons (Fsp3) is 0.263. The highest BCUT2D eigenvalue weighted by molar-refractivity contribution is 6.36. The molecule has 0 atom stereocenters. The van der Waals surface area contributed by atoms with Crippen molar-refractivity contribution in [2.75, 3.05) is 18.4 Å². The number of amides is 1. The highest BCUT2D eigenvalue weighted by atomic mass is 35.5. The van der Waals surface area contributed by atoms with Gasteiger partial charge in [-0.25, -0.2) is 4.68 Å².